The van der Waals surface area contributed by atoms with Crippen molar-refractivity contribution in [3.05, 3.63) is 40.9 Å². The Kier molecular flexibility index (Phi) is 3.33. The van der Waals surface area contributed by atoms with Gasteiger partial charge in [0, 0.05) is 23.5 Å². The largest absolute Gasteiger partial charge is 0.325 e. The van der Waals surface area contributed by atoms with E-state index in [1.165, 1.54) is 12.1 Å². The Hall–Kier alpha value is -1.55. The molecule has 0 aliphatic rings. The molecule has 0 saturated carbocycles. The van der Waals surface area contributed by atoms with Gasteiger partial charge in [0.15, 0.2) is 0 Å². The number of aryl methyl sites for hydroxylation is 2. The van der Waals surface area contributed by atoms with Crippen molar-refractivity contribution in [3.8, 4) is 0 Å². The number of aromatic nitrogens is 2. The molecular formula is C12H13ClFN3. The predicted octanol–water partition coefficient (Wildman–Crippen LogP) is 3.75. The Morgan fingerprint density at radius 2 is 2.18 bits per heavy atom. The van der Waals surface area contributed by atoms with Crippen molar-refractivity contribution >= 4 is 23.2 Å². The van der Waals surface area contributed by atoms with Crippen LogP contribution >= 0.6 is 11.6 Å². The van der Waals surface area contributed by atoms with E-state index in [1.54, 1.807) is 6.07 Å². The van der Waals surface area contributed by atoms with Crippen molar-refractivity contribution in [1.29, 1.82) is 0 Å². The third-order valence-corrected chi connectivity index (χ3v) is 2.57. The van der Waals surface area contributed by atoms with E-state index in [9.17, 15) is 4.39 Å². The number of hydrogen-bond donors (Lipinski definition) is 1. The molecule has 90 valence electrons. The molecule has 0 amide bonds. The number of benzene rings is 1. The summed E-state index contributed by atoms with van der Waals surface area (Å²) in [5.41, 5.74) is 1.51. The molecule has 0 fully saturated rings. The van der Waals surface area contributed by atoms with Gasteiger partial charge in [0.05, 0.1) is 5.69 Å². The standard InChI is InChI=1S/C12H13ClFN3/c1-3-17-7-8(2)15-12(17)16-11-5-9(13)4-10(14)6-11/h4-7H,3H2,1-2H3,(H,15,16). The highest BCUT2D eigenvalue weighted by Gasteiger charge is 2.06. The molecular weight excluding hydrogens is 241 g/mol. The van der Waals surface area contributed by atoms with E-state index in [4.69, 9.17) is 11.6 Å². The number of anilines is 2. The first-order chi connectivity index (χ1) is 8.08. The second kappa shape index (κ2) is 4.75. The molecule has 0 aliphatic carbocycles. The Morgan fingerprint density at radius 3 is 2.82 bits per heavy atom. The smallest absolute Gasteiger partial charge is 0.207 e. The van der Waals surface area contributed by atoms with Crippen LogP contribution in [0.15, 0.2) is 24.4 Å². The molecule has 3 nitrogen and oxygen atoms in total. The number of rotatable bonds is 3. The Morgan fingerprint density at radius 1 is 1.41 bits per heavy atom. The van der Waals surface area contributed by atoms with Crippen molar-refractivity contribution in [1.82, 2.24) is 9.55 Å². The van der Waals surface area contributed by atoms with E-state index in [0.717, 1.165) is 12.2 Å². The minimum absolute atomic E-state index is 0.360. The summed E-state index contributed by atoms with van der Waals surface area (Å²) < 4.78 is 15.1. The average Bonchev–Trinajstić information content (AvgIpc) is 2.57. The lowest BCUT2D eigenvalue weighted by molar-refractivity contribution is 0.628. The molecule has 0 unspecified atom stereocenters. The van der Waals surface area contributed by atoms with Crippen LogP contribution < -0.4 is 5.32 Å². The first-order valence-corrected chi connectivity index (χ1v) is 5.73. The van der Waals surface area contributed by atoms with Crippen LogP contribution in [-0.2, 0) is 6.54 Å². The van der Waals surface area contributed by atoms with E-state index in [-0.39, 0.29) is 5.82 Å². The molecule has 0 atom stereocenters. The van der Waals surface area contributed by atoms with Crippen LogP contribution in [0.3, 0.4) is 0 Å². The van der Waals surface area contributed by atoms with E-state index in [1.807, 2.05) is 24.6 Å². The molecule has 2 aromatic rings. The van der Waals surface area contributed by atoms with Crippen LogP contribution in [0.25, 0.3) is 0 Å². The van der Waals surface area contributed by atoms with Crippen LogP contribution in [0.1, 0.15) is 12.6 Å². The minimum atomic E-state index is -0.369. The third kappa shape index (κ3) is 2.77. The fourth-order valence-corrected chi connectivity index (χ4v) is 1.86. The van der Waals surface area contributed by atoms with Gasteiger partial charge in [-0.2, -0.15) is 0 Å². The Bertz CT molecular complexity index is 516. The molecule has 1 heterocycles. The van der Waals surface area contributed by atoms with E-state index < -0.39 is 0 Å². The molecule has 2 rings (SSSR count). The minimum Gasteiger partial charge on any atom is -0.325 e. The van der Waals surface area contributed by atoms with Gasteiger partial charge >= 0.3 is 0 Å². The van der Waals surface area contributed by atoms with Crippen LogP contribution in [-0.4, -0.2) is 9.55 Å². The summed E-state index contributed by atoms with van der Waals surface area (Å²) in [4.78, 5) is 4.32. The summed E-state index contributed by atoms with van der Waals surface area (Å²) in [5.74, 6) is 0.318. The number of nitrogens with one attached hydrogen (secondary N) is 1. The molecule has 0 aliphatic heterocycles. The maximum atomic E-state index is 13.2. The van der Waals surface area contributed by atoms with Gasteiger partial charge in [0.2, 0.25) is 5.95 Å². The molecule has 0 saturated heterocycles. The molecule has 0 radical (unpaired) electrons. The number of halogens is 2. The lowest BCUT2D eigenvalue weighted by Crippen LogP contribution is -2.01. The normalized spacial score (nSPS) is 10.6. The van der Waals surface area contributed by atoms with Gasteiger partial charge in [-0.3, -0.25) is 0 Å². The summed E-state index contributed by atoms with van der Waals surface area (Å²) in [6.07, 6.45) is 1.93. The van der Waals surface area contributed by atoms with Gasteiger partial charge in [-0.1, -0.05) is 11.6 Å². The second-order valence-electron chi connectivity index (χ2n) is 3.78. The number of nitrogens with zero attached hydrogens (tertiary/aromatic N) is 2. The first kappa shape index (κ1) is 11.9. The van der Waals surface area contributed by atoms with Crippen LogP contribution in [0.5, 0.6) is 0 Å². The zero-order valence-corrected chi connectivity index (χ0v) is 10.4. The lowest BCUT2D eigenvalue weighted by Gasteiger charge is -2.08. The highest BCUT2D eigenvalue weighted by Crippen LogP contribution is 2.21. The van der Waals surface area contributed by atoms with Gasteiger partial charge in [0.25, 0.3) is 0 Å². The average molecular weight is 254 g/mol. The summed E-state index contributed by atoms with van der Waals surface area (Å²) in [7, 11) is 0. The topological polar surface area (TPSA) is 29.9 Å². The second-order valence-corrected chi connectivity index (χ2v) is 4.21. The van der Waals surface area contributed by atoms with Gasteiger partial charge in [-0.15, -0.1) is 0 Å². The summed E-state index contributed by atoms with van der Waals surface area (Å²) in [5, 5.41) is 3.41. The van der Waals surface area contributed by atoms with Crippen molar-refractivity contribution in [2.75, 3.05) is 5.32 Å². The molecule has 0 spiro atoms. The number of imidazole rings is 1. The molecule has 5 heteroatoms. The Balaban J connectivity index is 2.30. The monoisotopic (exact) mass is 253 g/mol. The zero-order chi connectivity index (χ0) is 12.4. The van der Waals surface area contributed by atoms with Gasteiger partial charge < -0.3 is 9.88 Å². The summed E-state index contributed by atoms with van der Waals surface area (Å²) in [6.45, 7) is 4.73. The highest BCUT2D eigenvalue weighted by molar-refractivity contribution is 6.30. The summed E-state index contributed by atoms with van der Waals surface area (Å²) >= 11 is 5.79. The van der Waals surface area contributed by atoms with Crippen LogP contribution in [0.4, 0.5) is 16.0 Å². The molecule has 1 aromatic heterocycles. The van der Waals surface area contributed by atoms with Crippen molar-refractivity contribution in [2.24, 2.45) is 0 Å². The zero-order valence-electron chi connectivity index (χ0n) is 9.67. The fraction of sp³-hybridized carbons (Fsp3) is 0.250. The van der Waals surface area contributed by atoms with Gasteiger partial charge in [-0.05, 0) is 32.0 Å². The highest BCUT2D eigenvalue weighted by atomic mass is 35.5. The van der Waals surface area contributed by atoms with Gasteiger partial charge in [0.1, 0.15) is 5.82 Å². The van der Waals surface area contributed by atoms with E-state index >= 15 is 0 Å². The molecule has 17 heavy (non-hydrogen) atoms. The first-order valence-electron chi connectivity index (χ1n) is 5.35. The Labute approximate surface area is 104 Å². The summed E-state index contributed by atoms with van der Waals surface area (Å²) in [6, 6.07) is 4.31. The van der Waals surface area contributed by atoms with Crippen molar-refractivity contribution < 1.29 is 4.39 Å². The van der Waals surface area contributed by atoms with Crippen molar-refractivity contribution in [2.45, 2.75) is 20.4 Å². The molecule has 1 N–H and O–H groups in total. The van der Waals surface area contributed by atoms with Gasteiger partial charge in [-0.25, -0.2) is 9.37 Å². The lowest BCUT2D eigenvalue weighted by atomic mass is 10.3. The quantitative estimate of drug-likeness (QED) is 0.903. The molecule has 1 aromatic carbocycles. The number of hydrogen-bond acceptors (Lipinski definition) is 2. The van der Waals surface area contributed by atoms with Crippen molar-refractivity contribution in [3.63, 3.8) is 0 Å². The van der Waals surface area contributed by atoms with Crippen LogP contribution in [0, 0.1) is 12.7 Å². The SMILES string of the molecule is CCn1cc(C)nc1Nc1cc(F)cc(Cl)c1. The third-order valence-electron chi connectivity index (χ3n) is 2.36. The maximum Gasteiger partial charge on any atom is 0.207 e. The van der Waals surface area contributed by atoms with E-state index in [2.05, 4.69) is 10.3 Å². The fourth-order valence-electron chi connectivity index (χ4n) is 1.64. The predicted molar refractivity (Wildman–Crippen MR) is 67.3 cm³/mol. The maximum absolute atomic E-state index is 13.2. The van der Waals surface area contributed by atoms with E-state index in [0.29, 0.717) is 16.7 Å². The molecule has 0 bridgehead atoms. The van der Waals surface area contributed by atoms with Crippen LogP contribution in [0.2, 0.25) is 5.02 Å².